The Kier molecular flexibility index (Phi) is 5.30. The molecule has 0 bridgehead atoms. The number of carbonyl (C=O) groups excluding carboxylic acids is 1. The lowest BCUT2D eigenvalue weighted by molar-refractivity contribution is -0.105. The summed E-state index contributed by atoms with van der Waals surface area (Å²) in [6.45, 7) is 3.22. The van der Waals surface area contributed by atoms with Gasteiger partial charge in [-0.2, -0.15) is 0 Å². The molecule has 2 heterocycles. The maximum Gasteiger partial charge on any atom is 0.151 e. The highest BCUT2D eigenvalue weighted by molar-refractivity contribution is 5.97. The monoisotopic (exact) mass is 362 g/mol. The Morgan fingerprint density at radius 3 is 2.56 bits per heavy atom. The second-order valence-electron chi connectivity index (χ2n) is 6.57. The van der Waals surface area contributed by atoms with Crippen LogP contribution in [0.15, 0.2) is 65.2 Å². The Morgan fingerprint density at radius 1 is 1.04 bits per heavy atom. The van der Waals surface area contributed by atoms with Gasteiger partial charge in [-0.3, -0.25) is 4.79 Å². The number of nitrogens with zero attached hydrogens (tertiary/aromatic N) is 2. The molecule has 1 saturated heterocycles. The van der Waals surface area contributed by atoms with Crippen LogP contribution in [0.4, 0.5) is 0 Å². The van der Waals surface area contributed by atoms with E-state index in [1.54, 1.807) is 0 Å². The minimum atomic E-state index is 0.251. The second-order valence-corrected chi connectivity index (χ2v) is 6.57. The fraction of sp³-hybridized carbons (Fsp3) is 0.273. The van der Waals surface area contributed by atoms with Gasteiger partial charge < -0.3 is 14.4 Å². The first-order valence-electron chi connectivity index (χ1n) is 9.20. The summed E-state index contributed by atoms with van der Waals surface area (Å²) in [6, 6.07) is 18.0. The molecule has 0 aliphatic carbocycles. The molecule has 1 fully saturated rings. The maximum absolute atomic E-state index is 11.7. The molecular weight excluding hydrogens is 340 g/mol. The van der Waals surface area contributed by atoms with Crippen LogP contribution in [0.2, 0.25) is 0 Å². The molecule has 0 spiro atoms. The van der Waals surface area contributed by atoms with E-state index in [9.17, 15) is 4.79 Å². The van der Waals surface area contributed by atoms with E-state index in [0.717, 1.165) is 36.5 Å². The number of ether oxygens (including phenoxy) is 2. The van der Waals surface area contributed by atoms with Gasteiger partial charge in [0.15, 0.2) is 6.29 Å². The molecule has 4 rings (SSSR count). The zero-order valence-corrected chi connectivity index (χ0v) is 15.1. The summed E-state index contributed by atoms with van der Waals surface area (Å²) >= 11 is 0. The number of rotatable bonds is 4. The molecule has 0 radical (unpaired) electrons. The van der Waals surface area contributed by atoms with E-state index < -0.39 is 0 Å². The Balaban J connectivity index is 1.76. The van der Waals surface area contributed by atoms with E-state index in [-0.39, 0.29) is 6.61 Å². The van der Waals surface area contributed by atoms with E-state index in [0.29, 0.717) is 30.9 Å². The topological polar surface area (TPSA) is 51.1 Å². The van der Waals surface area contributed by atoms with Gasteiger partial charge in [-0.05, 0) is 17.7 Å². The van der Waals surface area contributed by atoms with Gasteiger partial charge in [0.1, 0.15) is 18.2 Å². The molecule has 27 heavy (non-hydrogen) atoms. The number of hydrogen-bond acceptors (Lipinski definition) is 4. The first-order chi connectivity index (χ1) is 13.3. The molecule has 0 atom stereocenters. The quantitative estimate of drug-likeness (QED) is 0.477. The van der Waals surface area contributed by atoms with Gasteiger partial charge in [0.2, 0.25) is 0 Å². The van der Waals surface area contributed by atoms with Crippen molar-refractivity contribution < 1.29 is 14.3 Å². The number of fused-ring (bicyclic) bond motifs is 1. The van der Waals surface area contributed by atoms with Crippen LogP contribution < -0.4 is 4.74 Å². The fourth-order valence-corrected chi connectivity index (χ4v) is 3.36. The van der Waals surface area contributed by atoms with Crippen LogP contribution in [0.25, 0.3) is 5.70 Å². The average molecular weight is 362 g/mol. The molecule has 0 amide bonds. The number of amidine groups is 1. The first kappa shape index (κ1) is 17.5. The van der Waals surface area contributed by atoms with Crippen molar-refractivity contribution in [1.29, 1.82) is 0 Å². The van der Waals surface area contributed by atoms with Crippen molar-refractivity contribution in [2.75, 3.05) is 32.9 Å². The van der Waals surface area contributed by atoms with Crippen molar-refractivity contribution in [3.63, 3.8) is 0 Å². The highest BCUT2D eigenvalue weighted by atomic mass is 16.5. The van der Waals surface area contributed by atoms with Crippen molar-refractivity contribution >= 4 is 17.8 Å². The SMILES string of the molecule is O=CC1=C(N=C(Cc2ccccc2)N2CCOCC2)c2ccccc2OC1. The highest BCUT2D eigenvalue weighted by Crippen LogP contribution is 2.33. The second kappa shape index (κ2) is 8.18. The molecule has 0 N–H and O–H groups in total. The van der Waals surface area contributed by atoms with E-state index in [4.69, 9.17) is 14.5 Å². The van der Waals surface area contributed by atoms with Crippen LogP contribution >= 0.6 is 0 Å². The highest BCUT2D eigenvalue weighted by Gasteiger charge is 2.22. The number of para-hydroxylation sites is 1. The summed E-state index contributed by atoms with van der Waals surface area (Å²) in [7, 11) is 0. The minimum absolute atomic E-state index is 0.251. The zero-order valence-electron chi connectivity index (χ0n) is 15.1. The molecule has 138 valence electrons. The van der Waals surface area contributed by atoms with Crippen LogP contribution in [0, 0.1) is 0 Å². The van der Waals surface area contributed by atoms with Gasteiger partial charge in [-0.25, -0.2) is 4.99 Å². The van der Waals surface area contributed by atoms with Crippen molar-refractivity contribution in [2.45, 2.75) is 6.42 Å². The summed E-state index contributed by atoms with van der Waals surface area (Å²) in [4.78, 5) is 18.9. The molecule has 2 aliphatic rings. The molecule has 0 aromatic heterocycles. The normalized spacial score (nSPS) is 17.3. The number of aliphatic imine (C=N–C) groups is 1. The van der Waals surface area contributed by atoms with Crippen LogP contribution in [-0.2, 0) is 16.0 Å². The standard InChI is InChI=1S/C22H22N2O3/c25-15-18-16-27-20-9-5-4-8-19(20)22(18)23-21(24-10-12-26-13-11-24)14-17-6-2-1-3-7-17/h1-9,15H,10-14,16H2. The van der Waals surface area contributed by atoms with Crippen molar-refractivity contribution in [2.24, 2.45) is 4.99 Å². The molecule has 2 aliphatic heterocycles. The van der Waals surface area contributed by atoms with Gasteiger partial charge in [-0.1, -0.05) is 42.5 Å². The van der Waals surface area contributed by atoms with E-state index in [1.807, 2.05) is 42.5 Å². The minimum Gasteiger partial charge on any atom is -0.488 e. The summed E-state index contributed by atoms with van der Waals surface area (Å²) in [5, 5.41) is 0. The predicted octanol–water partition coefficient (Wildman–Crippen LogP) is 2.96. The Bertz CT molecular complexity index is 868. The Hall–Kier alpha value is -2.92. The predicted molar refractivity (Wildman–Crippen MR) is 105 cm³/mol. The lowest BCUT2D eigenvalue weighted by atomic mass is 10.0. The summed E-state index contributed by atoms with van der Waals surface area (Å²) in [5.41, 5.74) is 3.35. The first-order valence-corrected chi connectivity index (χ1v) is 9.20. The third kappa shape index (κ3) is 3.93. The van der Waals surface area contributed by atoms with E-state index in [2.05, 4.69) is 17.0 Å². The van der Waals surface area contributed by atoms with Gasteiger partial charge >= 0.3 is 0 Å². The summed E-state index contributed by atoms with van der Waals surface area (Å²) < 4.78 is 11.2. The summed E-state index contributed by atoms with van der Waals surface area (Å²) in [5.74, 6) is 1.72. The van der Waals surface area contributed by atoms with Gasteiger partial charge in [0.25, 0.3) is 0 Å². The molecular formula is C22H22N2O3. The lowest BCUT2D eigenvalue weighted by Crippen LogP contribution is -2.41. The third-order valence-electron chi connectivity index (χ3n) is 4.79. The summed E-state index contributed by atoms with van der Waals surface area (Å²) in [6.07, 6.45) is 1.56. The number of aldehydes is 1. The van der Waals surface area contributed by atoms with Crippen LogP contribution in [0.3, 0.4) is 0 Å². The van der Waals surface area contributed by atoms with Gasteiger partial charge in [-0.15, -0.1) is 0 Å². The third-order valence-corrected chi connectivity index (χ3v) is 4.79. The molecule has 5 heteroatoms. The van der Waals surface area contributed by atoms with E-state index in [1.165, 1.54) is 5.56 Å². The van der Waals surface area contributed by atoms with Crippen LogP contribution in [-0.4, -0.2) is 49.9 Å². The van der Waals surface area contributed by atoms with Gasteiger partial charge in [0, 0.05) is 25.1 Å². The molecule has 5 nitrogen and oxygen atoms in total. The molecule has 2 aromatic carbocycles. The number of carbonyl (C=O) groups is 1. The smallest absolute Gasteiger partial charge is 0.151 e. The molecule has 0 unspecified atom stereocenters. The molecule has 0 saturated carbocycles. The zero-order chi connectivity index (χ0) is 18.5. The molecule has 2 aromatic rings. The average Bonchev–Trinajstić information content (AvgIpc) is 2.75. The largest absolute Gasteiger partial charge is 0.488 e. The van der Waals surface area contributed by atoms with Crippen LogP contribution in [0.1, 0.15) is 11.1 Å². The number of benzene rings is 2. The van der Waals surface area contributed by atoms with Crippen molar-refractivity contribution in [1.82, 2.24) is 4.90 Å². The van der Waals surface area contributed by atoms with Gasteiger partial charge in [0.05, 0.1) is 24.5 Å². The van der Waals surface area contributed by atoms with E-state index >= 15 is 0 Å². The maximum atomic E-state index is 11.7. The number of hydrogen-bond donors (Lipinski definition) is 0. The van der Waals surface area contributed by atoms with Crippen molar-refractivity contribution in [3.8, 4) is 5.75 Å². The Labute approximate surface area is 158 Å². The lowest BCUT2D eigenvalue weighted by Gasteiger charge is -2.31. The number of morpholine rings is 1. The Morgan fingerprint density at radius 2 is 1.78 bits per heavy atom. The fourth-order valence-electron chi connectivity index (χ4n) is 3.36. The van der Waals surface area contributed by atoms with Crippen LogP contribution in [0.5, 0.6) is 5.75 Å². The van der Waals surface area contributed by atoms with Crippen molar-refractivity contribution in [3.05, 3.63) is 71.3 Å².